The van der Waals surface area contributed by atoms with E-state index in [1.165, 1.54) is 12.8 Å². The molecule has 1 saturated carbocycles. The van der Waals surface area contributed by atoms with Gasteiger partial charge < -0.3 is 21.1 Å². The van der Waals surface area contributed by atoms with E-state index >= 15 is 0 Å². The average molecular weight is 515 g/mol. The Labute approximate surface area is 190 Å². The number of hydrogen-bond donors (Lipinski definition) is 3. The van der Waals surface area contributed by atoms with Crippen LogP contribution in [0.2, 0.25) is 0 Å². The molecule has 4 N–H and O–H groups in total. The van der Waals surface area contributed by atoms with Gasteiger partial charge in [-0.25, -0.2) is 4.99 Å². The molecular weight excluding hydrogens is 481 g/mol. The molecule has 1 amide bonds. The number of guanidine groups is 1. The van der Waals surface area contributed by atoms with Crippen LogP contribution in [0.15, 0.2) is 29.3 Å². The Hall–Kier alpha value is -1.55. The molecule has 1 saturated heterocycles. The fraction of sp³-hybridized carbons (Fsp3) is 0.619. The number of hydrogen-bond acceptors (Lipinski definition) is 4. The summed E-state index contributed by atoms with van der Waals surface area (Å²) < 4.78 is 5.99. The smallest absolute Gasteiger partial charge is 0.231 e. The Morgan fingerprint density at radius 1 is 1.24 bits per heavy atom. The van der Waals surface area contributed by atoms with E-state index in [1.807, 2.05) is 18.2 Å². The van der Waals surface area contributed by atoms with Gasteiger partial charge in [0.2, 0.25) is 5.91 Å². The van der Waals surface area contributed by atoms with Crippen LogP contribution >= 0.6 is 24.0 Å². The Kier molecular flexibility index (Phi) is 9.99. The maximum absolute atomic E-state index is 11.1. The van der Waals surface area contributed by atoms with Crippen molar-refractivity contribution in [2.24, 2.45) is 16.6 Å². The van der Waals surface area contributed by atoms with Crippen LogP contribution < -0.4 is 21.1 Å². The Bertz CT molecular complexity index is 673. The lowest BCUT2D eigenvalue weighted by Gasteiger charge is -2.32. The topological polar surface area (TPSA) is 92.0 Å². The maximum Gasteiger partial charge on any atom is 0.231 e. The van der Waals surface area contributed by atoms with Crippen LogP contribution in [0.5, 0.6) is 5.75 Å². The second-order valence-electron chi connectivity index (χ2n) is 7.72. The third-order valence-electron chi connectivity index (χ3n) is 5.20. The highest BCUT2D eigenvalue weighted by atomic mass is 127. The number of benzene rings is 1. The summed E-state index contributed by atoms with van der Waals surface area (Å²) in [6.45, 7) is 6.36. The molecular formula is C21H34IN5O2. The van der Waals surface area contributed by atoms with Crippen LogP contribution in [0, 0.1) is 5.92 Å². The number of carbonyl (C=O) groups is 1. The summed E-state index contributed by atoms with van der Waals surface area (Å²) in [6, 6.07) is 8.51. The minimum Gasteiger partial charge on any atom is -0.493 e. The molecule has 29 heavy (non-hydrogen) atoms. The molecule has 0 spiro atoms. The van der Waals surface area contributed by atoms with Crippen LogP contribution in [-0.2, 0) is 11.3 Å². The number of carbonyl (C=O) groups excluding carboxylic acids is 1. The Morgan fingerprint density at radius 2 is 1.97 bits per heavy atom. The molecule has 1 heterocycles. The summed E-state index contributed by atoms with van der Waals surface area (Å²) in [5.74, 6) is 2.24. The summed E-state index contributed by atoms with van der Waals surface area (Å²) in [5.41, 5.74) is 6.40. The van der Waals surface area contributed by atoms with E-state index in [2.05, 4.69) is 28.5 Å². The number of ether oxygens (including phenoxy) is 1. The lowest BCUT2D eigenvalue weighted by molar-refractivity contribution is -0.119. The van der Waals surface area contributed by atoms with Gasteiger partial charge in [0.05, 0.1) is 19.7 Å². The second-order valence-corrected chi connectivity index (χ2v) is 7.72. The fourth-order valence-corrected chi connectivity index (χ4v) is 3.40. The first kappa shape index (κ1) is 23.7. The quantitative estimate of drug-likeness (QED) is 0.266. The van der Waals surface area contributed by atoms with Gasteiger partial charge in [0.1, 0.15) is 5.75 Å². The fourth-order valence-electron chi connectivity index (χ4n) is 3.40. The van der Waals surface area contributed by atoms with Crippen molar-refractivity contribution in [1.29, 1.82) is 0 Å². The number of nitrogens with one attached hydrogen (secondary N) is 2. The summed E-state index contributed by atoms with van der Waals surface area (Å²) >= 11 is 0. The standard InChI is InChI=1S/C21H33N5O2.HI/c1-2-23-21(25-18-9-11-26(12-10-18)14-20(22)27)24-13-17-5-3-4-6-19(17)28-15-16-7-8-16;/h3-6,16,18H,2,7-15H2,1H3,(H2,22,27)(H2,23,24,25);1H. The lowest BCUT2D eigenvalue weighted by Crippen LogP contribution is -2.49. The molecule has 162 valence electrons. The van der Waals surface area contributed by atoms with E-state index in [9.17, 15) is 4.79 Å². The van der Waals surface area contributed by atoms with Gasteiger partial charge in [0, 0.05) is 31.2 Å². The van der Waals surface area contributed by atoms with E-state index in [4.69, 9.17) is 15.5 Å². The van der Waals surface area contributed by atoms with Gasteiger partial charge in [-0.2, -0.15) is 0 Å². The van der Waals surface area contributed by atoms with Gasteiger partial charge >= 0.3 is 0 Å². The zero-order chi connectivity index (χ0) is 19.8. The molecule has 0 bridgehead atoms. The van der Waals surface area contributed by atoms with Crippen molar-refractivity contribution in [3.63, 3.8) is 0 Å². The highest BCUT2D eigenvalue weighted by molar-refractivity contribution is 14.0. The molecule has 0 unspecified atom stereocenters. The summed E-state index contributed by atoms with van der Waals surface area (Å²) in [7, 11) is 0. The minimum atomic E-state index is -0.260. The van der Waals surface area contributed by atoms with E-state index in [-0.39, 0.29) is 29.9 Å². The number of primary amides is 1. The van der Waals surface area contributed by atoms with Crippen LogP contribution in [0.3, 0.4) is 0 Å². The Morgan fingerprint density at radius 3 is 2.62 bits per heavy atom. The van der Waals surface area contributed by atoms with E-state index < -0.39 is 0 Å². The summed E-state index contributed by atoms with van der Waals surface area (Å²) in [6.07, 6.45) is 4.51. The number of halogens is 1. The van der Waals surface area contributed by atoms with E-state index in [1.54, 1.807) is 0 Å². The molecule has 8 heteroatoms. The van der Waals surface area contributed by atoms with Crippen molar-refractivity contribution in [2.75, 3.05) is 32.8 Å². The molecule has 1 aliphatic heterocycles. The number of amides is 1. The number of rotatable bonds is 9. The van der Waals surface area contributed by atoms with Crippen molar-refractivity contribution >= 4 is 35.8 Å². The third-order valence-corrected chi connectivity index (χ3v) is 5.20. The van der Waals surface area contributed by atoms with Gasteiger partial charge in [-0.05, 0) is 44.6 Å². The Balaban J connectivity index is 0.00000300. The zero-order valence-electron chi connectivity index (χ0n) is 17.2. The van der Waals surface area contributed by atoms with Crippen molar-refractivity contribution in [3.05, 3.63) is 29.8 Å². The number of piperidine rings is 1. The van der Waals surface area contributed by atoms with Crippen LogP contribution in [0.4, 0.5) is 0 Å². The third kappa shape index (κ3) is 8.38. The summed E-state index contributed by atoms with van der Waals surface area (Å²) in [4.78, 5) is 18.0. The molecule has 2 aliphatic rings. The van der Waals surface area contributed by atoms with Crippen LogP contribution in [0.25, 0.3) is 0 Å². The lowest BCUT2D eigenvalue weighted by atomic mass is 10.1. The first-order valence-electron chi connectivity index (χ1n) is 10.4. The molecule has 3 rings (SSSR count). The number of nitrogens with zero attached hydrogens (tertiary/aromatic N) is 2. The molecule has 1 aliphatic carbocycles. The van der Waals surface area contributed by atoms with Gasteiger partial charge in [0.15, 0.2) is 5.96 Å². The SMILES string of the molecule is CCNC(=NCc1ccccc1OCC1CC1)NC1CCN(CC(N)=O)CC1.I. The van der Waals surface area contributed by atoms with Crippen molar-refractivity contribution < 1.29 is 9.53 Å². The van der Waals surface area contributed by atoms with Crippen molar-refractivity contribution in [2.45, 2.75) is 45.2 Å². The molecule has 2 fully saturated rings. The number of likely N-dealkylation sites (tertiary alicyclic amines) is 1. The van der Waals surface area contributed by atoms with Gasteiger partial charge in [-0.1, -0.05) is 18.2 Å². The van der Waals surface area contributed by atoms with Crippen LogP contribution in [-0.4, -0.2) is 55.6 Å². The highest BCUT2D eigenvalue weighted by Crippen LogP contribution is 2.30. The molecule has 0 aromatic heterocycles. The van der Waals surface area contributed by atoms with Gasteiger partial charge in [-0.15, -0.1) is 24.0 Å². The molecule has 0 radical (unpaired) electrons. The first-order chi connectivity index (χ1) is 13.6. The molecule has 0 atom stereocenters. The largest absolute Gasteiger partial charge is 0.493 e. The first-order valence-corrected chi connectivity index (χ1v) is 10.4. The van der Waals surface area contributed by atoms with Crippen molar-refractivity contribution in [1.82, 2.24) is 15.5 Å². The maximum atomic E-state index is 11.1. The van der Waals surface area contributed by atoms with Crippen molar-refractivity contribution in [3.8, 4) is 5.75 Å². The average Bonchev–Trinajstić information content (AvgIpc) is 3.51. The summed E-state index contributed by atoms with van der Waals surface area (Å²) in [5, 5.41) is 6.87. The monoisotopic (exact) mass is 515 g/mol. The second kappa shape index (κ2) is 12.2. The van der Waals surface area contributed by atoms with Crippen LogP contribution in [0.1, 0.15) is 38.2 Å². The number of aliphatic imine (C=N–C) groups is 1. The normalized spacial score (nSPS) is 18.0. The predicted molar refractivity (Wildman–Crippen MR) is 127 cm³/mol. The molecule has 1 aromatic carbocycles. The number of nitrogens with two attached hydrogens (primary N) is 1. The number of para-hydroxylation sites is 1. The molecule has 1 aromatic rings. The zero-order valence-corrected chi connectivity index (χ0v) is 19.6. The van der Waals surface area contributed by atoms with E-state index in [0.29, 0.717) is 19.1 Å². The minimum absolute atomic E-state index is 0. The van der Waals surface area contributed by atoms with Gasteiger partial charge in [-0.3, -0.25) is 9.69 Å². The van der Waals surface area contributed by atoms with Gasteiger partial charge in [0.25, 0.3) is 0 Å². The predicted octanol–water partition coefficient (Wildman–Crippen LogP) is 2.10. The highest BCUT2D eigenvalue weighted by Gasteiger charge is 2.22. The van der Waals surface area contributed by atoms with E-state index in [0.717, 1.165) is 62.3 Å². The molecule has 7 nitrogen and oxygen atoms in total.